The van der Waals surface area contributed by atoms with Gasteiger partial charge in [0, 0.05) is 48.5 Å². The monoisotopic (exact) mass is 658 g/mol. The molecule has 0 radical (unpaired) electrons. The number of hydrogen-bond acceptors (Lipinski definition) is 6. The molecule has 0 saturated heterocycles. The molecular weight excluding hydrogens is 633 g/mol. The number of rotatable bonds is 5. The average molecular weight is 659 g/mol. The molecule has 0 bridgehead atoms. The van der Waals surface area contributed by atoms with Crippen molar-refractivity contribution in [2.45, 2.75) is 0 Å². The highest BCUT2D eigenvalue weighted by molar-refractivity contribution is 7.26. The van der Waals surface area contributed by atoms with Crippen molar-refractivity contribution in [1.82, 2.24) is 19.9 Å². The Morgan fingerprint density at radius 2 is 1.04 bits per heavy atom. The third-order valence-corrected chi connectivity index (χ3v) is 10.3. The van der Waals surface area contributed by atoms with Gasteiger partial charge >= 0.3 is 0 Å². The van der Waals surface area contributed by atoms with Crippen molar-refractivity contribution < 1.29 is 4.42 Å². The zero-order chi connectivity index (χ0) is 33.0. The van der Waals surface area contributed by atoms with E-state index in [1.54, 1.807) is 11.3 Å². The molecule has 10 aromatic rings. The van der Waals surface area contributed by atoms with Gasteiger partial charge in [-0.1, -0.05) is 121 Å². The minimum Gasteiger partial charge on any atom is -0.436 e. The third kappa shape index (κ3) is 4.85. The molecule has 0 unspecified atom stereocenters. The zero-order valence-corrected chi connectivity index (χ0v) is 27.4. The third-order valence-electron chi connectivity index (χ3n) is 9.15. The summed E-state index contributed by atoms with van der Waals surface area (Å²) in [6.07, 6.45) is 0. The van der Waals surface area contributed by atoms with Gasteiger partial charge in [0.05, 0.1) is 0 Å². The number of oxazole rings is 1. The van der Waals surface area contributed by atoms with Crippen LogP contribution in [0.4, 0.5) is 0 Å². The molecule has 10 rings (SSSR count). The lowest BCUT2D eigenvalue weighted by molar-refractivity contribution is 0.620. The normalized spacial score (nSPS) is 11.6. The zero-order valence-electron chi connectivity index (χ0n) is 26.6. The Kier molecular flexibility index (Phi) is 6.60. The van der Waals surface area contributed by atoms with E-state index in [4.69, 9.17) is 24.4 Å². The standard InChI is InChI=1S/C44H26N4OS/c1-4-12-27(13-5-1)41-46-42(28-14-6-2-7-15-28)48-43(47-41)31-22-23-32-30(24-31)18-10-19-33(32)34-20-11-21-38-40(34)35-25-36-37(26-39(35)50-38)49-44(45-36)29-16-8-3-9-17-29/h1-26H. The van der Waals surface area contributed by atoms with E-state index in [2.05, 4.69) is 66.7 Å². The van der Waals surface area contributed by atoms with E-state index in [9.17, 15) is 0 Å². The lowest BCUT2D eigenvalue weighted by Gasteiger charge is -2.12. The van der Waals surface area contributed by atoms with E-state index in [-0.39, 0.29) is 0 Å². The van der Waals surface area contributed by atoms with E-state index in [0.717, 1.165) is 44.1 Å². The van der Waals surface area contributed by atoms with Crippen molar-refractivity contribution >= 4 is 53.4 Å². The number of fused-ring (bicyclic) bond motifs is 5. The predicted octanol–water partition coefficient (Wildman–Crippen LogP) is 11.9. The fourth-order valence-corrected chi connectivity index (χ4v) is 7.91. The summed E-state index contributed by atoms with van der Waals surface area (Å²) in [6.45, 7) is 0. The number of nitrogens with zero attached hydrogens (tertiary/aromatic N) is 4. The summed E-state index contributed by atoms with van der Waals surface area (Å²) in [4.78, 5) is 19.7. The largest absolute Gasteiger partial charge is 0.436 e. The van der Waals surface area contributed by atoms with E-state index in [0.29, 0.717) is 23.4 Å². The maximum atomic E-state index is 6.22. The summed E-state index contributed by atoms with van der Waals surface area (Å²) in [5.74, 6) is 2.58. The second-order valence-electron chi connectivity index (χ2n) is 12.3. The van der Waals surface area contributed by atoms with Gasteiger partial charge in [-0.25, -0.2) is 19.9 Å². The van der Waals surface area contributed by atoms with E-state index >= 15 is 0 Å². The summed E-state index contributed by atoms with van der Waals surface area (Å²) >= 11 is 1.78. The minimum absolute atomic E-state index is 0.637. The Balaban J connectivity index is 1.11. The van der Waals surface area contributed by atoms with E-state index in [1.807, 2.05) is 91.0 Å². The van der Waals surface area contributed by atoms with E-state index in [1.165, 1.54) is 31.3 Å². The molecule has 0 saturated carbocycles. The van der Waals surface area contributed by atoms with Gasteiger partial charge in [-0.2, -0.15) is 0 Å². The SMILES string of the molecule is c1ccc(-c2nc(-c3ccccc3)nc(-c3ccc4c(-c5cccc6sc7cc8oc(-c9ccccc9)nc8cc7c56)cccc4c3)n2)cc1. The maximum Gasteiger partial charge on any atom is 0.227 e. The number of benzene rings is 7. The first-order valence-corrected chi connectivity index (χ1v) is 17.3. The van der Waals surface area contributed by atoms with Crippen LogP contribution in [0.2, 0.25) is 0 Å². The summed E-state index contributed by atoms with van der Waals surface area (Å²) in [6, 6.07) is 54.1. The fraction of sp³-hybridized carbons (Fsp3) is 0. The second kappa shape index (κ2) is 11.6. The van der Waals surface area contributed by atoms with Crippen LogP contribution in [-0.4, -0.2) is 19.9 Å². The molecule has 7 aromatic carbocycles. The molecule has 0 aliphatic heterocycles. The van der Waals surface area contributed by atoms with Gasteiger partial charge in [0.15, 0.2) is 23.1 Å². The van der Waals surface area contributed by atoms with Crippen LogP contribution in [0.1, 0.15) is 0 Å². The first-order chi connectivity index (χ1) is 24.7. The Morgan fingerprint density at radius 3 is 1.74 bits per heavy atom. The van der Waals surface area contributed by atoms with E-state index < -0.39 is 0 Å². The highest BCUT2D eigenvalue weighted by Gasteiger charge is 2.18. The van der Waals surface area contributed by atoms with Crippen molar-refractivity contribution in [2.24, 2.45) is 0 Å². The van der Waals surface area contributed by atoms with Gasteiger partial charge in [0.2, 0.25) is 5.89 Å². The van der Waals surface area contributed by atoms with Gasteiger partial charge in [0.25, 0.3) is 0 Å². The first kappa shape index (κ1) is 28.5. The molecule has 3 heterocycles. The molecule has 5 nitrogen and oxygen atoms in total. The van der Waals surface area contributed by atoms with Crippen molar-refractivity contribution in [3.8, 4) is 56.7 Å². The smallest absolute Gasteiger partial charge is 0.227 e. The highest BCUT2D eigenvalue weighted by atomic mass is 32.1. The summed E-state index contributed by atoms with van der Waals surface area (Å²) in [5.41, 5.74) is 7.83. The van der Waals surface area contributed by atoms with Crippen LogP contribution in [-0.2, 0) is 0 Å². The Labute approximate surface area is 291 Å². The Morgan fingerprint density at radius 1 is 0.420 bits per heavy atom. The number of thiophene rings is 1. The van der Waals surface area contributed by atoms with Crippen LogP contribution in [0.15, 0.2) is 162 Å². The molecule has 0 amide bonds. The quantitative estimate of drug-likeness (QED) is 0.184. The Bertz CT molecular complexity index is 2810. The molecule has 0 fully saturated rings. The van der Waals surface area contributed by atoms with Crippen molar-refractivity contribution in [2.75, 3.05) is 0 Å². The van der Waals surface area contributed by atoms with Crippen LogP contribution in [0.5, 0.6) is 0 Å². The van der Waals surface area contributed by atoms with Gasteiger partial charge < -0.3 is 4.42 Å². The van der Waals surface area contributed by atoms with Crippen LogP contribution in [0.3, 0.4) is 0 Å². The van der Waals surface area contributed by atoms with Crippen LogP contribution in [0.25, 0.3) is 98.8 Å². The Hall–Kier alpha value is -6.50. The van der Waals surface area contributed by atoms with Gasteiger partial charge in [-0.3, -0.25) is 0 Å². The molecule has 0 atom stereocenters. The number of aromatic nitrogens is 4. The maximum absolute atomic E-state index is 6.22. The van der Waals surface area contributed by atoms with Crippen LogP contribution in [0, 0.1) is 0 Å². The van der Waals surface area contributed by atoms with Crippen molar-refractivity contribution in [3.63, 3.8) is 0 Å². The lowest BCUT2D eigenvalue weighted by atomic mass is 9.94. The summed E-state index contributed by atoms with van der Waals surface area (Å²) in [5, 5.41) is 4.69. The predicted molar refractivity (Wildman–Crippen MR) is 205 cm³/mol. The lowest BCUT2D eigenvalue weighted by Crippen LogP contribution is -2.00. The first-order valence-electron chi connectivity index (χ1n) is 16.5. The molecule has 6 heteroatoms. The van der Waals surface area contributed by atoms with Crippen molar-refractivity contribution in [3.05, 3.63) is 158 Å². The van der Waals surface area contributed by atoms with Crippen LogP contribution >= 0.6 is 11.3 Å². The summed E-state index contributed by atoms with van der Waals surface area (Å²) in [7, 11) is 0. The van der Waals surface area contributed by atoms with Crippen molar-refractivity contribution in [1.29, 1.82) is 0 Å². The molecular formula is C44H26N4OS. The molecule has 50 heavy (non-hydrogen) atoms. The molecule has 0 N–H and O–H groups in total. The average Bonchev–Trinajstić information content (AvgIpc) is 3.78. The molecule has 3 aromatic heterocycles. The van der Waals surface area contributed by atoms with Gasteiger partial charge in [0.1, 0.15) is 5.52 Å². The summed E-state index contributed by atoms with van der Waals surface area (Å²) < 4.78 is 8.63. The molecule has 0 spiro atoms. The number of hydrogen-bond donors (Lipinski definition) is 0. The van der Waals surface area contributed by atoms with Gasteiger partial charge in [-0.05, 0) is 52.2 Å². The minimum atomic E-state index is 0.637. The second-order valence-corrected chi connectivity index (χ2v) is 13.3. The van der Waals surface area contributed by atoms with Crippen LogP contribution < -0.4 is 0 Å². The fourth-order valence-electron chi connectivity index (χ4n) is 6.77. The van der Waals surface area contributed by atoms with Gasteiger partial charge in [-0.15, -0.1) is 11.3 Å². The molecule has 0 aliphatic carbocycles. The topological polar surface area (TPSA) is 64.7 Å². The molecule has 234 valence electrons. The molecule has 0 aliphatic rings. The highest BCUT2D eigenvalue weighted by Crippen LogP contribution is 2.44.